The van der Waals surface area contributed by atoms with Crippen LogP contribution in [0.5, 0.6) is 5.75 Å². The molecule has 0 spiro atoms. The number of benzene rings is 2. The number of unbranched alkanes of at least 4 members (excludes halogenated alkanes) is 15. The zero-order valence-corrected chi connectivity index (χ0v) is 42.1. The Hall–Kier alpha value is -3.94. The topological polar surface area (TPSA) is 183 Å². The predicted octanol–water partition coefficient (Wildman–Crippen LogP) is 11.7. The zero-order valence-electron chi connectivity index (χ0n) is 40.4. The van der Waals surface area contributed by atoms with Gasteiger partial charge < -0.3 is 33.9 Å². The highest BCUT2D eigenvalue weighted by Gasteiger charge is 2.64. The zero-order chi connectivity index (χ0) is 48.2. The standard InChI is InChI=1S/C51H72ClN6O9P/c1-5-6-7-8-9-10-11-12-13-14-15-16-17-18-19-24-31-60-34-41(61-33-40-26-21-20-25-39(40)32-53)35-62-68(59,67-44-28-23-22-27-42(44)52)63-36-45-47-48(66-50(2,3)65-47)51(64-45,37-55-4)46-30-29-43-49(54)56-38-57-58(43)46/h20-23,25-30,37-38,41,45,47-48H,5-19,24,31,33-36H2,1-4H3,(H2,54,56,57)/t41-,45-,47-,48-,51+,68?/m1/s1. The molecule has 372 valence electrons. The first-order valence-corrected chi connectivity index (χ1v) is 26.4. The highest BCUT2D eigenvalue weighted by atomic mass is 35.5. The molecule has 0 amide bonds. The maximum Gasteiger partial charge on any atom is 0.530 e. The van der Waals surface area contributed by atoms with Gasteiger partial charge in [-0.05, 0) is 56.2 Å². The van der Waals surface area contributed by atoms with Crippen molar-refractivity contribution < 1.29 is 41.8 Å². The van der Waals surface area contributed by atoms with Crippen LogP contribution in [-0.2, 0) is 49.5 Å². The van der Waals surface area contributed by atoms with Crippen LogP contribution in [0.1, 0.15) is 140 Å². The second-order valence-electron chi connectivity index (χ2n) is 18.2. The molecule has 0 bridgehead atoms. The van der Waals surface area contributed by atoms with E-state index in [9.17, 15) is 9.83 Å². The van der Waals surface area contributed by atoms with Crippen LogP contribution in [0.15, 0.2) is 72.0 Å². The number of aromatic nitrogens is 3. The van der Waals surface area contributed by atoms with Crippen molar-refractivity contribution >= 4 is 37.0 Å². The lowest BCUT2D eigenvalue weighted by Crippen LogP contribution is -2.43. The molecular weight excluding hydrogens is 907 g/mol. The molecule has 4 aromatic rings. The summed E-state index contributed by atoms with van der Waals surface area (Å²) in [6.07, 6.45) is 20.5. The summed E-state index contributed by atoms with van der Waals surface area (Å²) in [5, 5.41) is 14.4. The number of anilines is 1. The highest BCUT2D eigenvalue weighted by molar-refractivity contribution is 7.49. The van der Waals surface area contributed by atoms with E-state index in [2.05, 4.69) is 28.1 Å². The number of fused-ring (bicyclic) bond motifs is 2. The minimum absolute atomic E-state index is 0.0915. The fourth-order valence-corrected chi connectivity index (χ4v) is 10.4. The molecule has 0 aliphatic carbocycles. The van der Waals surface area contributed by atoms with E-state index in [0.717, 1.165) is 19.3 Å². The quantitative estimate of drug-likeness (QED) is 0.0277. The van der Waals surface area contributed by atoms with E-state index in [1.807, 2.05) is 18.2 Å². The number of nitrogen functional groups attached to an aromatic ring is 1. The first-order chi connectivity index (χ1) is 33.0. The average molecular weight is 980 g/mol. The van der Waals surface area contributed by atoms with Crippen LogP contribution in [0, 0.1) is 11.3 Å². The summed E-state index contributed by atoms with van der Waals surface area (Å²) in [5.41, 5.74) is 7.19. The fraction of sp³-hybridized carbons (Fsp3) is 0.608. The van der Waals surface area contributed by atoms with Gasteiger partial charge in [0.15, 0.2) is 17.2 Å². The van der Waals surface area contributed by atoms with E-state index in [4.69, 9.17) is 54.6 Å². The van der Waals surface area contributed by atoms with Crippen molar-refractivity contribution in [1.82, 2.24) is 14.6 Å². The van der Waals surface area contributed by atoms with Gasteiger partial charge in [0.25, 0.3) is 0 Å². The number of phosphoric acid groups is 1. The lowest BCUT2D eigenvalue weighted by atomic mass is 9.92. The van der Waals surface area contributed by atoms with Gasteiger partial charge in [-0.2, -0.15) is 10.4 Å². The number of nitriles is 1. The molecule has 68 heavy (non-hydrogen) atoms. The van der Waals surface area contributed by atoms with E-state index >= 15 is 0 Å². The Balaban J connectivity index is 1.07. The Kier molecular flexibility index (Phi) is 21.1. The molecule has 2 aliphatic rings. The molecule has 6 atom stereocenters. The smallest absolute Gasteiger partial charge is 0.402 e. The fourth-order valence-electron chi connectivity index (χ4n) is 8.87. The third-order valence-corrected chi connectivity index (χ3v) is 14.1. The molecule has 0 radical (unpaired) electrons. The maximum absolute atomic E-state index is 14.9. The minimum atomic E-state index is -4.52. The van der Waals surface area contributed by atoms with E-state index in [-0.39, 0.29) is 43.0 Å². The molecule has 2 saturated heterocycles. The molecule has 1 unspecified atom stereocenters. The number of halogens is 1. The lowest BCUT2D eigenvalue weighted by Gasteiger charge is -2.31. The van der Waals surface area contributed by atoms with Gasteiger partial charge in [0.2, 0.25) is 0 Å². The molecule has 2 N–H and O–H groups in total. The normalized spacial score (nSPS) is 21.3. The van der Waals surface area contributed by atoms with Crippen LogP contribution in [0.2, 0.25) is 5.02 Å². The van der Waals surface area contributed by atoms with Gasteiger partial charge in [0.05, 0.1) is 48.8 Å². The maximum atomic E-state index is 14.9. The Labute approximate surface area is 407 Å². The predicted molar refractivity (Wildman–Crippen MR) is 264 cm³/mol. The summed E-state index contributed by atoms with van der Waals surface area (Å²) < 4.78 is 67.1. The van der Waals surface area contributed by atoms with Crippen molar-refractivity contribution in [2.24, 2.45) is 4.99 Å². The number of hydrogen-bond donors (Lipinski definition) is 1. The van der Waals surface area contributed by atoms with Crippen LogP contribution in [-0.4, -0.2) is 84.5 Å². The number of hydrogen-bond acceptors (Lipinski definition) is 14. The van der Waals surface area contributed by atoms with Crippen molar-refractivity contribution in [1.29, 1.82) is 5.26 Å². The van der Waals surface area contributed by atoms with Gasteiger partial charge in [-0.3, -0.25) is 14.0 Å². The summed E-state index contributed by atoms with van der Waals surface area (Å²) in [7, 11) is -2.89. The Morgan fingerprint density at radius 3 is 2.22 bits per heavy atom. The third kappa shape index (κ3) is 15.0. The number of phosphoric ester groups is 1. The van der Waals surface area contributed by atoms with Gasteiger partial charge >= 0.3 is 7.82 Å². The van der Waals surface area contributed by atoms with E-state index in [0.29, 0.717) is 28.9 Å². The number of aliphatic imine (C=N–C) groups is 1. The molecular formula is C51H72ClN6O9P. The largest absolute Gasteiger partial charge is 0.530 e. The monoisotopic (exact) mass is 978 g/mol. The van der Waals surface area contributed by atoms with Gasteiger partial charge in [-0.1, -0.05) is 145 Å². The number of nitrogens with zero attached hydrogens (tertiary/aromatic N) is 5. The van der Waals surface area contributed by atoms with E-state index < -0.39 is 43.6 Å². The van der Waals surface area contributed by atoms with Crippen LogP contribution in [0.4, 0.5) is 5.82 Å². The summed E-state index contributed by atoms with van der Waals surface area (Å²) in [4.78, 5) is 8.52. The van der Waals surface area contributed by atoms with Gasteiger partial charge in [-0.25, -0.2) is 14.1 Å². The molecule has 17 heteroatoms. The van der Waals surface area contributed by atoms with Crippen molar-refractivity contribution in [3.63, 3.8) is 0 Å². The SMILES string of the molecule is CCCCCCCCCCCCCCCCCCOC[C@H](COP(=O)(OC[C@H]1O[C@@](C=NC)(c2ccc3c(N)ncnn23)[C@@H]2OC(C)(C)O[C@@H]21)Oc1ccccc1Cl)OCc1ccccc1C#N. The van der Waals surface area contributed by atoms with Crippen LogP contribution >= 0.6 is 19.4 Å². The second kappa shape index (κ2) is 26.9. The molecule has 15 nitrogen and oxygen atoms in total. The van der Waals surface area contributed by atoms with Crippen molar-refractivity contribution in [2.75, 3.05) is 39.2 Å². The van der Waals surface area contributed by atoms with Crippen molar-refractivity contribution in [3.05, 3.63) is 88.8 Å². The van der Waals surface area contributed by atoms with Gasteiger partial charge in [0.1, 0.15) is 42.0 Å². The highest BCUT2D eigenvalue weighted by Crippen LogP contribution is 2.54. The first-order valence-electron chi connectivity index (χ1n) is 24.6. The summed E-state index contributed by atoms with van der Waals surface area (Å²) >= 11 is 6.52. The molecule has 2 fully saturated rings. The second-order valence-corrected chi connectivity index (χ2v) is 20.2. The summed E-state index contributed by atoms with van der Waals surface area (Å²) in [6.45, 7) is 6.06. The number of para-hydroxylation sites is 1. The lowest BCUT2D eigenvalue weighted by molar-refractivity contribution is -0.201. The number of ether oxygens (including phenoxy) is 5. The van der Waals surface area contributed by atoms with Crippen LogP contribution < -0.4 is 10.3 Å². The third-order valence-electron chi connectivity index (χ3n) is 12.4. The number of nitrogens with two attached hydrogens (primary N) is 1. The van der Waals surface area contributed by atoms with E-state index in [1.54, 1.807) is 74.1 Å². The van der Waals surface area contributed by atoms with Crippen LogP contribution in [0.25, 0.3) is 5.52 Å². The number of rotatable bonds is 32. The molecule has 4 heterocycles. The molecule has 2 aliphatic heterocycles. The Bertz CT molecular complexity index is 2270. The molecule has 2 aromatic heterocycles. The van der Waals surface area contributed by atoms with Crippen molar-refractivity contribution in [3.8, 4) is 11.8 Å². The molecule has 2 aromatic carbocycles. The Morgan fingerprint density at radius 1 is 0.882 bits per heavy atom. The van der Waals surface area contributed by atoms with Crippen LogP contribution in [0.3, 0.4) is 0 Å². The minimum Gasteiger partial charge on any atom is -0.402 e. The van der Waals surface area contributed by atoms with Crippen molar-refractivity contribution in [2.45, 2.75) is 166 Å². The van der Waals surface area contributed by atoms with Gasteiger partial charge in [-0.15, -0.1) is 0 Å². The van der Waals surface area contributed by atoms with E-state index in [1.165, 1.54) is 89.8 Å². The Morgan fingerprint density at radius 2 is 1.54 bits per heavy atom. The first kappa shape index (κ1) is 53.4. The molecule has 6 rings (SSSR count). The molecule has 0 saturated carbocycles. The summed E-state index contributed by atoms with van der Waals surface area (Å²) in [6, 6.07) is 19.6. The summed E-state index contributed by atoms with van der Waals surface area (Å²) in [5.74, 6) is -0.653. The average Bonchev–Trinajstić information content (AvgIpc) is 4.00. The van der Waals surface area contributed by atoms with Gasteiger partial charge in [0, 0.05) is 19.9 Å².